The van der Waals surface area contributed by atoms with E-state index in [4.69, 9.17) is 25.1 Å². The van der Waals surface area contributed by atoms with E-state index in [-0.39, 0.29) is 44.4 Å². The normalized spacial score (nSPS) is 12.1. The predicted octanol–water partition coefficient (Wildman–Crippen LogP) is 11.7. The summed E-state index contributed by atoms with van der Waals surface area (Å²) < 4.78 is 16.0. The van der Waals surface area contributed by atoms with Crippen molar-refractivity contribution in [3.05, 3.63) is 0 Å². The Morgan fingerprint density at radius 3 is 1.06 bits per heavy atom. The van der Waals surface area contributed by atoms with Crippen LogP contribution in [-0.2, 0) is 33.4 Å². The number of carbonyl (C=O) groups is 4. The summed E-state index contributed by atoms with van der Waals surface area (Å²) in [4.78, 5) is 48.0. The van der Waals surface area contributed by atoms with Crippen molar-refractivity contribution in [2.45, 2.75) is 238 Å². The molecule has 0 aromatic carbocycles. The molecule has 0 rings (SSSR count). The average molecular weight is 777 g/mol. The number of carboxylic acids is 1. The molecule has 0 aliphatic rings. The Kier molecular flexibility index (Phi) is 41.5. The van der Waals surface area contributed by atoms with Crippen molar-refractivity contribution in [3.8, 4) is 0 Å². The minimum Gasteiger partial charge on any atom is -0.480 e. The SMILES string of the molecule is CCCCCCCCCCCCCCCCCC(=O)OCC(COC(=O)CC(N)C(=O)O)OC(=O)CCCCCCCCCCCCCCCCC.Cl. The number of aliphatic carboxylic acids is 1. The Morgan fingerprint density at radius 1 is 0.453 bits per heavy atom. The summed E-state index contributed by atoms with van der Waals surface area (Å²) in [5.41, 5.74) is 5.43. The molecule has 0 radical (unpaired) electrons. The van der Waals surface area contributed by atoms with Crippen LogP contribution < -0.4 is 5.73 Å². The third kappa shape index (κ3) is 39.6. The van der Waals surface area contributed by atoms with E-state index in [0.29, 0.717) is 6.42 Å². The van der Waals surface area contributed by atoms with Crippen molar-refractivity contribution in [3.63, 3.8) is 0 Å². The minimum atomic E-state index is -1.38. The summed E-state index contributed by atoms with van der Waals surface area (Å²) in [6, 6.07) is -1.38. The third-order valence-electron chi connectivity index (χ3n) is 9.83. The number of halogens is 1. The fourth-order valence-corrected chi connectivity index (χ4v) is 6.41. The lowest BCUT2D eigenvalue weighted by molar-refractivity contribution is -0.167. The summed E-state index contributed by atoms with van der Waals surface area (Å²) in [6.07, 6.45) is 36.3. The fourth-order valence-electron chi connectivity index (χ4n) is 6.41. The first kappa shape index (κ1) is 53.2. The van der Waals surface area contributed by atoms with Crippen LogP contribution in [0.4, 0.5) is 0 Å². The standard InChI is InChI=1S/C43H81NO8.ClH/c1-3-5-7-9-11-13-15-17-19-21-23-25-27-29-31-33-40(45)50-36-38(37-51-42(47)35-39(44)43(48)49)52-41(46)34-32-30-28-26-24-22-20-18-16-14-12-10-8-6-4-2;/h38-39H,3-37,44H2,1-2H3,(H,48,49);1H. The number of nitrogens with two attached hydrogens (primary N) is 1. The summed E-state index contributed by atoms with van der Waals surface area (Å²) >= 11 is 0. The average Bonchev–Trinajstić information content (AvgIpc) is 3.12. The molecule has 2 atom stereocenters. The zero-order valence-corrected chi connectivity index (χ0v) is 35.0. The highest BCUT2D eigenvalue weighted by molar-refractivity contribution is 5.85. The van der Waals surface area contributed by atoms with Crippen molar-refractivity contribution in [2.75, 3.05) is 13.2 Å². The quantitative estimate of drug-likeness (QED) is 0.0353. The Labute approximate surface area is 330 Å². The number of hydrogen-bond donors (Lipinski definition) is 2. The predicted molar refractivity (Wildman–Crippen MR) is 218 cm³/mol. The summed E-state index contributed by atoms with van der Waals surface area (Å²) in [5.74, 6) is -2.94. The number of unbranched alkanes of at least 4 members (excludes halogenated alkanes) is 28. The van der Waals surface area contributed by atoms with Gasteiger partial charge in [0, 0.05) is 12.8 Å². The second kappa shape index (κ2) is 41.3. The van der Waals surface area contributed by atoms with Crippen LogP contribution in [0.25, 0.3) is 0 Å². The molecular formula is C43H82ClNO8. The van der Waals surface area contributed by atoms with Crippen LogP contribution in [0.5, 0.6) is 0 Å². The molecule has 3 N–H and O–H groups in total. The molecule has 0 saturated heterocycles. The Hall–Kier alpha value is -1.87. The number of carbonyl (C=O) groups excluding carboxylic acids is 3. The van der Waals surface area contributed by atoms with Gasteiger partial charge in [-0.25, -0.2) is 0 Å². The van der Waals surface area contributed by atoms with Crippen LogP contribution in [0, 0.1) is 0 Å². The molecule has 0 heterocycles. The van der Waals surface area contributed by atoms with Gasteiger partial charge in [-0.2, -0.15) is 0 Å². The second-order valence-corrected chi connectivity index (χ2v) is 15.0. The number of rotatable bonds is 40. The Bertz CT molecular complexity index is 858. The first-order valence-electron chi connectivity index (χ1n) is 21.8. The van der Waals surface area contributed by atoms with E-state index in [1.54, 1.807) is 0 Å². The van der Waals surface area contributed by atoms with Crippen LogP contribution >= 0.6 is 12.4 Å². The molecule has 314 valence electrons. The molecule has 0 amide bonds. The lowest BCUT2D eigenvalue weighted by Gasteiger charge is -2.18. The van der Waals surface area contributed by atoms with E-state index in [2.05, 4.69) is 13.8 Å². The van der Waals surface area contributed by atoms with E-state index in [9.17, 15) is 19.2 Å². The summed E-state index contributed by atoms with van der Waals surface area (Å²) in [7, 11) is 0. The zero-order valence-electron chi connectivity index (χ0n) is 34.2. The molecule has 0 aliphatic heterocycles. The van der Waals surface area contributed by atoms with Crippen LogP contribution in [0.2, 0.25) is 0 Å². The molecule has 53 heavy (non-hydrogen) atoms. The Morgan fingerprint density at radius 2 is 0.736 bits per heavy atom. The smallest absolute Gasteiger partial charge is 0.321 e. The van der Waals surface area contributed by atoms with Gasteiger partial charge in [0.25, 0.3) is 0 Å². The first-order chi connectivity index (χ1) is 25.3. The van der Waals surface area contributed by atoms with Crippen molar-refractivity contribution >= 4 is 36.3 Å². The lowest BCUT2D eigenvalue weighted by atomic mass is 10.0. The number of ether oxygens (including phenoxy) is 3. The number of carboxylic acid groups (broad SMARTS) is 1. The minimum absolute atomic E-state index is 0. The van der Waals surface area contributed by atoms with Gasteiger partial charge < -0.3 is 25.1 Å². The molecule has 9 nitrogen and oxygen atoms in total. The summed E-state index contributed by atoms with van der Waals surface area (Å²) in [5, 5.41) is 8.95. The van der Waals surface area contributed by atoms with Crippen molar-refractivity contribution in [2.24, 2.45) is 5.73 Å². The van der Waals surface area contributed by atoms with Crippen molar-refractivity contribution < 1.29 is 38.5 Å². The van der Waals surface area contributed by atoms with E-state index in [1.807, 2.05) is 0 Å². The van der Waals surface area contributed by atoms with Gasteiger partial charge in [-0.3, -0.25) is 19.2 Å². The van der Waals surface area contributed by atoms with Gasteiger partial charge in [-0.05, 0) is 12.8 Å². The van der Waals surface area contributed by atoms with Crippen LogP contribution in [-0.4, -0.2) is 54.3 Å². The topological polar surface area (TPSA) is 142 Å². The van der Waals surface area contributed by atoms with E-state index < -0.39 is 36.5 Å². The molecular weight excluding hydrogens is 694 g/mol. The monoisotopic (exact) mass is 776 g/mol. The molecule has 0 aromatic rings. The van der Waals surface area contributed by atoms with Gasteiger partial charge in [0.15, 0.2) is 6.10 Å². The maximum Gasteiger partial charge on any atom is 0.321 e. The van der Waals surface area contributed by atoms with Gasteiger partial charge in [0.05, 0.1) is 6.42 Å². The van der Waals surface area contributed by atoms with Crippen molar-refractivity contribution in [1.29, 1.82) is 0 Å². The maximum atomic E-state index is 12.6. The summed E-state index contributed by atoms with van der Waals surface area (Å²) in [6.45, 7) is 3.96. The second-order valence-electron chi connectivity index (χ2n) is 15.0. The highest BCUT2D eigenvalue weighted by Gasteiger charge is 2.22. The molecule has 0 bridgehead atoms. The van der Waals surface area contributed by atoms with Gasteiger partial charge in [-0.1, -0.05) is 194 Å². The molecule has 0 fully saturated rings. The van der Waals surface area contributed by atoms with E-state index >= 15 is 0 Å². The number of esters is 3. The maximum absolute atomic E-state index is 12.6. The molecule has 0 aliphatic carbocycles. The molecule has 0 saturated carbocycles. The Balaban J connectivity index is 0. The van der Waals surface area contributed by atoms with Gasteiger partial charge in [-0.15, -0.1) is 12.4 Å². The molecule has 0 aromatic heterocycles. The molecule has 2 unspecified atom stereocenters. The molecule has 0 spiro atoms. The van der Waals surface area contributed by atoms with Gasteiger partial charge in [0.1, 0.15) is 19.3 Å². The van der Waals surface area contributed by atoms with Crippen LogP contribution in [0.1, 0.15) is 226 Å². The highest BCUT2D eigenvalue weighted by Crippen LogP contribution is 2.16. The number of hydrogen-bond acceptors (Lipinski definition) is 8. The highest BCUT2D eigenvalue weighted by atomic mass is 35.5. The largest absolute Gasteiger partial charge is 0.480 e. The van der Waals surface area contributed by atoms with Gasteiger partial charge in [0.2, 0.25) is 0 Å². The van der Waals surface area contributed by atoms with Gasteiger partial charge >= 0.3 is 23.9 Å². The zero-order chi connectivity index (χ0) is 38.3. The third-order valence-corrected chi connectivity index (χ3v) is 9.83. The fraction of sp³-hybridized carbons (Fsp3) is 0.907. The van der Waals surface area contributed by atoms with E-state index in [0.717, 1.165) is 32.1 Å². The van der Waals surface area contributed by atoms with Crippen LogP contribution in [0.15, 0.2) is 0 Å². The lowest BCUT2D eigenvalue weighted by Crippen LogP contribution is -2.35. The van der Waals surface area contributed by atoms with E-state index in [1.165, 1.54) is 154 Å². The molecule has 10 heteroatoms. The van der Waals surface area contributed by atoms with Crippen LogP contribution in [0.3, 0.4) is 0 Å². The first-order valence-corrected chi connectivity index (χ1v) is 21.8. The van der Waals surface area contributed by atoms with Crippen molar-refractivity contribution in [1.82, 2.24) is 0 Å².